The van der Waals surface area contributed by atoms with Gasteiger partial charge in [0.2, 0.25) is 0 Å². The highest BCUT2D eigenvalue weighted by Gasteiger charge is 2.29. The van der Waals surface area contributed by atoms with E-state index in [4.69, 9.17) is 4.42 Å². The fraction of sp³-hybridized carbons (Fsp3) is 0. The average molecular weight is 852 g/mol. The summed E-state index contributed by atoms with van der Waals surface area (Å²) in [5, 5.41) is 7.11. The van der Waals surface area contributed by atoms with E-state index in [1.165, 1.54) is 62.6 Å². The molecule has 300 valence electrons. The Hall–Kier alpha value is -7.76. The summed E-state index contributed by atoms with van der Waals surface area (Å²) in [7, 11) is 0. The number of thiophene rings is 2. The molecule has 3 aromatic heterocycles. The predicted molar refractivity (Wildman–Crippen MR) is 276 cm³/mol. The summed E-state index contributed by atoms with van der Waals surface area (Å²) in [6.45, 7) is 0. The molecule has 3 heterocycles. The van der Waals surface area contributed by atoms with Gasteiger partial charge in [0.25, 0.3) is 0 Å². The van der Waals surface area contributed by atoms with E-state index < -0.39 is 0 Å². The first-order valence-electron chi connectivity index (χ1n) is 21.7. The second-order valence-corrected chi connectivity index (χ2v) is 18.5. The van der Waals surface area contributed by atoms with Crippen molar-refractivity contribution in [1.82, 2.24) is 0 Å². The maximum absolute atomic E-state index is 7.09. The smallest absolute Gasteiger partial charge is 0.143 e. The first-order chi connectivity index (χ1) is 31.8. The molecule has 0 aliphatic rings. The van der Waals surface area contributed by atoms with Crippen LogP contribution < -0.4 is 4.90 Å². The molecule has 0 N–H and O–H groups in total. The lowest BCUT2D eigenvalue weighted by atomic mass is 9.94. The minimum Gasteiger partial charge on any atom is -0.455 e. The molecular weight excluding hydrogens is 815 g/mol. The molecule has 0 atom stereocenters. The molecule has 0 bridgehead atoms. The monoisotopic (exact) mass is 851 g/mol. The van der Waals surface area contributed by atoms with Crippen LogP contribution in [0.4, 0.5) is 17.1 Å². The number of nitrogens with zero attached hydrogens (tertiary/aromatic N) is 1. The molecule has 0 saturated carbocycles. The van der Waals surface area contributed by atoms with Gasteiger partial charge in [-0.05, 0) is 75.8 Å². The van der Waals surface area contributed by atoms with Crippen LogP contribution >= 0.6 is 22.7 Å². The number of fused-ring (bicyclic) bond motifs is 9. The van der Waals surface area contributed by atoms with Crippen LogP contribution in [0, 0.1) is 0 Å². The van der Waals surface area contributed by atoms with Gasteiger partial charge in [-0.25, -0.2) is 0 Å². The largest absolute Gasteiger partial charge is 0.455 e. The van der Waals surface area contributed by atoms with E-state index in [2.05, 4.69) is 229 Å². The van der Waals surface area contributed by atoms with Crippen LogP contribution in [0.1, 0.15) is 0 Å². The molecule has 0 fully saturated rings. The Morgan fingerprint density at radius 2 is 0.906 bits per heavy atom. The summed E-state index contributed by atoms with van der Waals surface area (Å²) in [4.78, 5) is 2.59. The van der Waals surface area contributed by atoms with Crippen molar-refractivity contribution >= 4 is 102 Å². The standard InChI is InChI=1S/C60H37NOS2/c1-5-17-38(18-6-1)42-31-32-47-54(37-42)64-60-45(41-23-11-4-12-24-41)33-35-50(56(47)60)61(49-28-16-30-53-55(49)46-25-13-14-29-52(46)63-53)58-43(39-19-7-2-8-20-39)34-36-51-57(58)48-27-15-26-44(59(48)62-51)40-21-9-3-10-22-40/h1-37H. The Labute approximate surface area is 378 Å². The van der Waals surface area contributed by atoms with Gasteiger partial charge in [-0.3, -0.25) is 0 Å². The van der Waals surface area contributed by atoms with Crippen molar-refractivity contribution in [2.45, 2.75) is 0 Å². The fourth-order valence-corrected chi connectivity index (χ4v) is 12.2. The molecule has 0 aliphatic heterocycles. The average Bonchev–Trinajstić information content (AvgIpc) is 4.07. The quantitative estimate of drug-likeness (QED) is 0.159. The molecule has 64 heavy (non-hydrogen) atoms. The lowest BCUT2D eigenvalue weighted by Crippen LogP contribution is -2.12. The van der Waals surface area contributed by atoms with Crippen LogP contribution in [0.15, 0.2) is 229 Å². The second kappa shape index (κ2) is 15.0. The molecule has 13 rings (SSSR count). The number of rotatable bonds is 7. The zero-order chi connectivity index (χ0) is 42.1. The van der Waals surface area contributed by atoms with Crippen molar-refractivity contribution < 1.29 is 4.42 Å². The van der Waals surface area contributed by atoms with Crippen molar-refractivity contribution in [2.24, 2.45) is 0 Å². The van der Waals surface area contributed by atoms with Crippen molar-refractivity contribution in [1.29, 1.82) is 0 Å². The Kier molecular flexibility index (Phi) is 8.61. The van der Waals surface area contributed by atoms with Crippen LogP contribution in [0.2, 0.25) is 0 Å². The summed E-state index contributed by atoms with van der Waals surface area (Å²) < 4.78 is 12.1. The van der Waals surface area contributed by atoms with Crippen molar-refractivity contribution in [3.63, 3.8) is 0 Å². The molecule has 13 aromatic rings. The van der Waals surface area contributed by atoms with Crippen molar-refractivity contribution in [3.8, 4) is 44.5 Å². The summed E-state index contributed by atoms with van der Waals surface area (Å²) in [5.41, 5.74) is 14.4. The molecule has 0 amide bonds. The van der Waals surface area contributed by atoms with Crippen molar-refractivity contribution in [3.05, 3.63) is 224 Å². The number of para-hydroxylation sites is 1. The molecule has 10 aromatic carbocycles. The minimum absolute atomic E-state index is 0.847. The van der Waals surface area contributed by atoms with Gasteiger partial charge in [0, 0.05) is 56.9 Å². The minimum atomic E-state index is 0.847. The Bertz CT molecular complexity index is 3890. The highest BCUT2D eigenvalue weighted by Crippen LogP contribution is 2.55. The summed E-state index contributed by atoms with van der Waals surface area (Å²) in [5.74, 6) is 0. The Morgan fingerprint density at radius 1 is 0.328 bits per heavy atom. The van der Waals surface area contributed by atoms with E-state index >= 15 is 0 Å². The highest BCUT2D eigenvalue weighted by atomic mass is 32.1. The molecule has 2 nitrogen and oxygen atoms in total. The molecule has 4 heteroatoms. The maximum Gasteiger partial charge on any atom is 0.143 e. The number of benzene rings is 10. The maximum atomic E-state index is 7.09. The third kappa shape index (κ3) is 5.84. The van der Waals surface area contributed by atoms with E-state index in [0.29, 0.717) is 0 Å². The van der Waals surface area contributed by atoms with Crippen LogP contribution in [0.3, 0.4) is 0 Å². The second-order valence-electron chi connectivity index (χ2n) is 16.3. The van der Waals surface area contributed by atoms with E-state index in [1.54, 1.807) is 0 Å². The van der Waals surface area contributed by atoms with Crippen LogP contribution in [0.5, 0.6) is 0 Å². The summed E-state index contributed by atoms with van der Waals surface area (Å²) >= 11 is 3.74. The molecular formula is C60H37NOS2. The van der Waals surface area contributed by atoms with E-state index in [-0.39, 0.29) is 0 Å². The third-order valence-electron chi connectivity index (χ3n) is 12.7. The van der Waals surface area contributed by atoms with E-state index in [0.717, 1.165) is 61.3 Å². The normalized spacial score (nSPS) is 11.8. The Morgan fingerprint density at radius 3 is 1.66 bits per heavy atom. The molecule has 0 unspecified atom stereocenters. The Balaban J connectivity index is 1.21. The van der Waals surface area contributed by atoms with Gasteiger partial charge in [-0.1, -0.05) is 182 Å². The number of hydrogen-bond donors (Lipinski definition) is 0. The zero-order valence-corrected chi connectivity index (χ0v) is 36.2. The van der Waals surface area contributed by atoms with Gasteiger partial charge in [-0.15, -0.1) is 22.7 Å². The number of anilines is 3. The van der Waals surface area contributed by atoms with E-state index in [1.807, 2.05) is 22.7 Å². The summed E-state index contributed by atoms with van der Waals surface area (Å²) in [6.07, 6.45) is 0. The lowest BCUT2D eigenvalue weighted by molar-refractivity contribution is 0.670. The van der Waals surface area contributed by atoms with E-state index in [9.17, 15) is 0 Å². The van der Waals surface area contributed by atoms with Crippen LogP contribution in [-0.2, 0) is 0 Å². The summed E-state index contributed by atoms with van der Waals surface area (Å²) in [6, 6.07) is 81.6. The van der Waals surface area contributed by atoms with Gasteiger partial charge < -0.3 is 9.32 Å². The predicted octanol–water partition coefficient (Wildman–Crippen LogP) is 18.5. The molecule has 0 radical (unpaired) electrons. The van der Waals surface area contributed by atoms with Crippen LogP contribution in [0.25, 0.3) is 107 Å². The molecule has 0 aliphatic carbocycles. The molecule has 0 spiro atoms. The SMILES string of the molecule is c1ccc(-c2ccc3c(c2)sc2c(-c4ccccc4)ccc(N(c4c(-c5ccccc5)ccc5oc6c(-c7ccccc7)cccc6c45)c4cccc5sc6ccccc6c45)c23)cc1. The zero-order valence-electron chi connectivity index (χ0n) is 34.5. The fourth-order valence-electron chi connectivity index (χ4n) is 9.82. The first-order valence-corrected chi connectivity index (χ1v) is 23.3. The lowest BCUT2D eigenvalue weighted by Gasteiger charge is -2.30. The van der Waals surface area contributed by atoms with Crippen LogP contribution in [-0.4, -0.2) is 0 Å². The van der Waals surface area contributed by atoms with Gasteiger partial charge >= 0.3 is 0 Å². The van der Waals surface area contributed by atoms with Gasteiger partial charge in [0.15, 0.2) is 0 Å². The number of hydrogen-bond acceptors (Lipinski definition) is 4. The van der Waals surface area contributed by atoms with Gasteiger partial charge in [-0.2, -0.15) is 0 Å². The van der Waals surface area contributed by atoms with Gasteiger partial charge in [0.1, 0.15) is 11.2 Å². The highest BCUT2D eigenvalue weighted by molar-refractivity contribution is 7.26. The number of furan rings is 1. The van der Waals surface area contributed by atoms with Gasteiger partial charge in [0.05, 0.1) is 22.4 Å². The third-order valence-corrected chi connectivity index (χ3v) is 15.0. The topological polar surface area (TPSA) is 16.4 Å². The first kappa shape index (κ1) is 36.9. The molecule has 0 saturated heterocycles. The van der Waals surface area contributed by atoms with Crippen molar-refractivity contribution in [2.75, 3.05) is 4.90 Å².